The topological polar surface area (TPSA) is 70.1 Å². The fraction of sp³-hybridized carbons (Fsp3) is 0.714. The van der Waals surface area contributed by atoms with Crippen LogP contribution in [0.5, 0.6) is 0 Å². The highest BCUT2D eigenvalue weighted by molar-refractivity contribution is 5.93. The second kappa shape index (κ2) is 5.57. The highest BCUT2D eigenvalue weighted by Crippen LogP contribution is 2.46. The molecule has 1 aromatic heterocycles. The van der Waals surface area contributed by atoms with Crippen LogP contribution in [0.2, 0.25) is 0 Å². The van der Waals surface area contributed by atoms with Gasteiger partial charge in [-0.05, 0) is 32.1 Å². The number of nitrogens with two attached hydrogens (primary N) is 1. The smallest absolute Gasteiger partial charge is 0.376 e. The van der Waals surface area contributed by atoms with E-state index in [0.717, 1.165) is 23.9 Å². The number of carbonyl (C=O) groups is 1. The summed E-state index contributed by atoms with van der Waals surface area (Å²) in [6.45, 7) is 0.716. The first-order chi connectivity index (χ1) is 10.4. The average molecular weight is 317 g/mol. The molecule has 122 valence electrons. The molecule has 0 bridgehead atoms. The van der Waals surface area contributed by atoms with Crippen LogP contribution in [0.25, 0.3) is 0 Å². The van der Waals surface area contributed by atoms with Gasteiger partial charge < -0.3 is 10.5 Å². The van der Waals surface area contributed by atoms with E-state index in [1.54, 1.807) is 0 Å². The zero-order valence-corrected chi connectivity index (χ0v) is 12.0. The second-order valence-electron chi connectivity index (χ2n) is 5.92. The monoisotopic (exact) mass is 317 g/mol. The third-order valence-corrected chi connectivity index (χ3v) is 4.11. The van der Waals surface area contributed by atoms with Crippen molar-refractivity contribution in [1.29, 1.82) is 0 Å². The minimum atomic E-state index is -4.63. The normalized spacial score (nSPS) is 22.8. The van der Waals surface area contributed by atoms with Crippen molar-refractivity contribution >= 4 is 5.91 Å². The summed E-state index contributed by atoms with van der Waals surface area (Å²) in [6, 6.07) is 0. The molecule has 0 aromatic carbocycles. The molecule has 8 heteroatoms. The molecule has 1 aliphatic carbocycles. The van der Waals surface area contributed by atoms with Crippen LogP contribution in [0.4, 0.5) is 13.2 Å². The van der Waals surface area contributed by atoms with Crippen molar-refractivity contribution in [2.24, 2.45) is 5.73 Å². The van der Waals surface area contributed by atoms with Crippen LogP contribution in [0.15, 0.2) is 0 Å². The molecular formula is C14H18F3N3O2. The van der Waals surface area contributed by atoms with Crippen molar-refractivity contribution < 1.29 is 22.7 Å². The fourth-order valence-corrected chi connectivity index (χ4v) is 2.93. The first-order valence-corrected chi connectivity index (χ1v) is 7.47. The first kappa shape index (κ1) is 15.3. The van der Waals surface area contributed by atoms with Gasteiger partial charge in [-0.3, -0.25) is 9.48 Å². The molecule has 1 saturated carbocycles. The lowest BCUT2D eigenvalue weighted by Crippen LogP contribution is -2.29. The van der Waals surface area contributed by atoms with Crippen molar-refractivity contribution in [3.63, 3.8) is 0 Å². The van der Waals surface area contributed by atoms with Crippen molar-refractivity contribution in [2.75, 3.05) is 6.61 Å². The van der Waals surface area contributed by atoms with Crippen LogP contribution in [0.1, 0.15) is 59.8 Å². The highest BCUT2D eigenvalue weighted by Gasteiger charge is 2.45. The van der Waals surface area contributed by atoms with E-state index >= 15 is 0 Å². The number of carbonyl (C=O) groups excluding carboxylic acids is 1. The highest BCUT2D eigenvalue weighted by atomic mass is 19.4. The molecule has 1 amide bonds. The number of primary amides is 1. The van der Waals surface area contributed by atoms with Gasteiger partial charge in [0.05, 0.1) is 18.3 Å². The summed E-state index contributed by atoms with van der Waals surface area (Å²) in [5, 5.41) is 4.07. The molecule has 2 heterocycles. The van der Waals surface area contributed by atoms with Gasteiger partial charge in [0.2, 0.25) is 0 Å². The molecule has 3 rings (SSSR count). The molecule has 1 saturated heterocycles. The summed E-state index contributed by atoms with van der Waals surface area (Å²) < 4.78 is 46.7. The summed E-state index contributed by atoms with van der Waals surface area (Å²) in [5.41, 5.74) is 3.67. The summed E-state index contributed by atoms with van der Waals surface area (Å²) >= 11 is 0. The number of halogens is 3. The zero-order chi connectivity index (χ0) is 15.9. The lowest BCUT2D eigenvalue weighted by molar-refractivity contribution is -0.138. The predicted octanol–water partition coefficient (Wildman–Crippen LogP) is 2.45. The number of alkyl halides is 3. The first-order valence-electron chi connectivity index (χ1n) is 7.47. The molecule has 2 fully saturated rings. The van der Waals surface area contributed by atoms with Gasteiger partial charge in [-0.1, -0.05) is 0 Å². The van der Waals surface area contributed by atoms with Crippen LogP contribution in [0, 0.1) is 0 Å². The maximum atomic E-state index is 13.4. The van der Waals surface area contributed by atoms with Gasteiger partial charge in [0.25, 0.3) is 5.91 Å². The summed E-state index contributed by atoms with van der Waals surface area (Å²) in [7, 11) is 0. The average Bonchev–Trinajstić information content (AvgIpc) is 3.20. The van der Waals surface area contributed by atoms with Crippen LogP contribution < -0.4 is 5.73 Å². The van der Waals surface area contributed by atoms with Gasteiger partial charge in [-0.15, -0.1) is 0 Å². The Labute approximate surface area is 125 Å². The van der Waals surface area contributed by atoms with E-state index < -0.39 is 23.3 Å². The molecule has 22 heavy (non-hydrogen) atoms. The number of amides is 1. The Balaban J connectivity index is 1.99. The van der Waals surface area contributed by atoms with Gasteiger partial charge in [0.1, 0.15) is 11.3 Å². The number of aromatic nitrogens is 2. The standard InChI is InChI=1S/C14H18F3N3O2/c15-14(16,17)10-11(8-4-5-8)19-20(12(10)13(18)21)7-9-3-1-2-6-22-9/h8-9H,1-7H2,(H2,18,21). The number of hydrogen-bond acceptors (Lipinski definition) is 3. The summed E-state index contributed by atoms with van der Waals surface area (Å²) in [6.07, 6.45) is -0.874. The lowest BCUT2D eigenvalue weighted by atomic mass is 10.1. The van der Waals surface area contributed by atoms with E-state index in [2.05, 4.69) is 5.10 Å². The molecule has 1 aliphatic heterocycles. The van der Waals surface area contributed by atoms with E-state index in [9.17, 15) is 18.0 Å². The number of rotatable bonds is 4. The molecule has 2 aliphatic rings. The number of hydrogen-bond donors (Lipinski definition) is 1. The van der Waals surface area contributed by atoms with E-state index in [4.69, 9.17) is 10.5 Å². The Morgan fingerprint density at radius 3 is 2.55 bits per heavy atom. The van der Waals surface area contributed by atoms with Crippen molar-refractivity contribution in [2.45, 2.75) is 56.8 Å². The Kier molecular flexibility index (Phi) is 3.88. The second-order valence-corrected chi connectivity index (χ2v) is 5.92. The van der Waals surface area contributed by atoms with Crippen molar-refractivity contribution in [1.82, 2.24) is 9.78 Å². The van der Waals surface area contributed by atoms with Gasteiger partial charge in [-0.25, -0.2) is 0 Å². The van der Waals surface area contributed by atoms with Gasteiger partial charge >= 0.3 is 6.18 Å². The van der Waals surface area contributed by atoms with Crippen molar-refractivity contribution in [3.8, 4) is 0 Å². The third kappa shape index (κ3) is 2.97. The fourth-order valence-electron chi connectivity index (χ4n) is 2.93. The molecule has 1 aromatic rings. The molecular weight excluding hydrogens is 299 g/mol. The van der Waals surface area contributed by atoms with Crippen LogP contribution in [-0.2, 0) is 17.5 Å². The summed E-state index contributed by atoms with van der Waals surface area (Å²) in [4.78, 5) is 11.6. The molecule has 1 unspecified atom stereocenters. The largest absolute Gasteiger partial charge is 0.420 e. The minimum Gasteiger partial charge on any atom is -0.376 e. The SMILES string of the molecule is NC(=O)c1c(C(F)(F)F)c(C2CC2)nn1CC1CCCCO1. The predicted molar refractivity (Wildman–Crippen MR) is 71.3 cm³/mol. The maximum Gasteiger partial charge on any atom is 0.420 e. The molecule has 1 atom stereocenters. The minimum absolute atomic E-state index is 0.0443. The molecule has 5 nitrogen and oxygen atoms in total. The number of nitrogens with zero attached hydrogens (tertiary/aromatic N) is 2. The van der Waals surface area contributed by atoms with Crippen molar-refractivity contribution in [3.05, 3.63) is 17.0 Å². The van der Waals surface area contributed by atoms with Crippen LogP contribution in [0.3, 0.4) is 0 Å². The third-order valence-electron chi connectivity index (χ3n) is 4.11. The summed E-state index contributed by atoms with van der Waals surface area (Å²) in [5.74, 6) is -1.31. The number of ether oxygens (including phenoxy) is 1. The zero-order valence-electron chi connectivity index (χ0n) is 12.0. The van der Waals surface area contributed by atoms with E-state index in [0.29, 0.717) is 19.4 Å². The van der Waals surface area contributed by atoms with Gasteiger partial charge in [0.15, 0.2) is 0 Å². The van der Waals surface area contributed by atoms with Crippen LogP contribution in [-0.4, -0.2) is 28.4 Å². The van der Waals surface area contributed by atoms with E-state index in [-0.39, 0.29) is 24.3 Å². The van der Waals surface area contributed by atoms with Gasteiger partial charge in [0, 0.05) is 12.5 Å². The van der Waals surface area contributed by atoms with E-state index in [1.165, 1.54) is 0 Å². The van der Waals surface area contributed by atoms with Gasteiger partial charge in [-0.2, -0.15) is 18.3 Å². The molecule has 2 N–H and O–H groups in total. The molecule has 0 spiro atoms. The Morgan fingerprint density at radius 1 is 1.32 bits per heavy atom. The molecule has 0 radical (unpaired) electrons. The Hall–Kier alpha value is -1.57. The lowest BCUT2D eigenvalue weighted by Gasteiger charge is -2.23. The quantitative estimate of drug-likeness (QED) is 0.927. The Morgan fingerprint density at radius 2 is 2.05 bits per heavy atom. The van der Waals surface area contributed by atoms with E-state index in [1.807, 2.05) is 0 Å². The Bertz CT molecular complexity index is 573. The maximum absolute atomic E-state index is 13.4. The van der Waals surface area contributed by atoms with Crippen LogP contribution >= 0.6 is 0 Å².